The van der Waals surface area contributed by atoms with Crippen molar-refractivity contribution in [3.05, 3.63) is 16.4 Å². The monoisotopic (exact) mass is 284 g/mol. The number of hydrogen-bond acceptors (Lipinski definition) is 3. The highest BCUT2D eigenvalue weighted by molar-refractivity contribution is 6.31. The molecule has 19 heavy (non-hydrogen) atoms. The van der Waals surface area contributed by atoms with Gasteiger partial charge in [0, 0.05) is 32.6 Å². The summed E-state index contributed by atoms with van der Waals surface area (Å²) in [6.07, 6.45) is 2.86. The van der Waals surface area contributed by atoms with Crippen molar-refractivity contribution in [2.24, 2.45) is 0 Å². The zero-order chi connectivity index (χ0) is 13.8. The van der Waals surface area contributed by atoms with Crippen LogP contribution in [0.2, 0.25) is 5.02 Å². The molecule has 0 unspecified atom stereocenters. The van der Waals surface area contributed by atoms with Crippen LogP contribution in [0.1, 0.15) is 30.7 Å². The Labute approximate surface area is 118 Å². The van der Waals surface area contributed by atoms with Gasteiger partial charge in [-0.05, 0) is 26.8 Å². The molecule has 1 aliphatic rings. The second-order valence-electron chi connectivity index (χ2n) is 5.18. The van der Waals surface area contributed by atoms with Crippen LogP contribution in [0.15, 0.2) is 0 Å². The smallest absolute Gasteiger partial charge is 0.222 e. The maximum atomic E-state index is 11.7. The van der Waals surface area contributed by atoms with Gasteiger partial charge in [0.05, 0.1) is 16.4 Å². The van der Waals surface area contributed by atoms with Gasteiger partial charge < -0.3 is 4.90 Å². The molecule has 5 nitrogen and oxygen atoms in total. The Morgan fingerprint density at radius 3 is 2.89 bits per heavy atom. The fourth-order valence-corrected chi connectivity index (χ4v) is 2.44. The lowest BCUT2D eigenvalue weighted by atomic mass is 10.1. The summed E-state index contributed by atoms with van der Waals surface area (Å²) in [6.45, 7) is 5.13. The first-order chi connectivity index (χ1) is 9.08. The second kappa shape index (κ2) is 6.39. The van der Waals surface area contributed by atoms with Gasteiger partial charge in [-0.1, -0.05) is 11.6 Å². The van der Waals surface area contributed by atoms with Gasteiger partial charge in [-0.2, -0.15) is 5.10 Å². The molecule has 1 aromatic heterocycles. The number of halogens is 1. The van der Waals surface area contributed by atoms with Gasteiger partial charge in [-0.3, -0.25) is 14.8 Å². The van der Waals surface area contributed by atoms with E-state index in [9.17, 15) is 4.79 Å². The third-order valence-electron chi connectivity index (χ3n) is 3.53. The van der Waals surface area contributed by atoms with E-state index in [-0.39, 0.29) is 5.91 Å². The number of amides is 1. The van der Waals surface area contributed by atoms with Gasteiger partial charge in [0.1, 0.15) is 0 Å². The quantitative estimate of drug-likeness (QED) is 0.897. The summed E-state index contributed by atoms with van der Waals surface area (Å²) < 4.78 is 0. The maximum absolute atomic E-state index is 11.7. The van der Waals surface area contributed by atoms with Crippen LogP contribution in [-0.2, 0) is 11.3 Å². The molecule has 0 aliphatic carbocycles. The number of nitrogens with zero attached hydrogens (tertiary/aromatic N) is 3. The van der Waals surface area contributed by atoms with E-state index in [0.717, 1.165) is 43.9 Å². The highest BCUT2D eigenvalue weighted by Gasteiger charge is 2.18. The number of hydrogen-bond donors (Lipinski definition) is 1. The summed E-state index contributed by atoms with van der Waals surface area (Å²) >= 11 is 6.14. The second-order valence-corrected chi connectivity index (χ2v) is 5.56. The summed E-state index contributed by atoms with van der Waals surface area (Å²) in [5.74, 6) is 0.285. The number of aromatic amines is 1. The van der Waals surface area contributed by atoms with Gasteiger partial charge in [0.2, 0.25) is 5.91 Å². The molecule has 1 saturated heterocycles. The Balaban J connectivity index is 1.79. The number of carbonyl (C=O) groups excluding carboxylic acids is 1. The van der Waals surface area contributed by atoms with E-state index >= 15 is 0 Å². The first kappa shape index (κ1) is 14.3. The first-order valence-corrected chi connectivity index (χ1v) is 7.11. The third-order valence-corrected chi connectivity index (χ3v) is 4.04. The van der Waals surface area contributed by atoms with E-state index in [1.54, 1.807) is 0 Å². The van der Waals surface area contributed by atoms with Gasteiger partial charge >= 0.3 is 0 Å². The molecular formula is C13H21ClN4O. The van der Waals surface area contributed by atoms with Crippen molar-refractivity contribution in [3.63, 3.8) is 0 Å². The van der Waals surface area contributed by atoms with Gasteiger partial charge in [0.15, 0.2) is 0 Å². The summed E-state index contributed by atoms with van der Waals surface area (Å²) in [5.41, 5.74) is 1.77. The van der Waals surface area contributed by atoms with Crippen molar-refractivity contribution >= 4 is 17.5 Å². The summed E-state index contributed by atoms with van der Waals surface area (Å²) in [7, 11) is 2.02. The van der Waals surface area contributed by atoms with E-state index in [1.807, 2.05) is 18.9 Å². The summed E-state index contributed by atoms with van der Waals surface area (Å²) in [5, 5.41) is 7.78. The van der Waals surface area contributed by atoms with Crippen LogP contribution in [0.25, 0.3) is 0 Å². The lowest BCUT2D eigenvalue weighted by molar-refractivity contribution is -0.133. The normalized spacial score (nSPS) is 16.4. The number of likely N-dealkylation sites (tertiary alicyclic amines) is 1. The highest BCUT2D eigenvalue weighted by atomic mass is 35.5. The fourth-order valence-electron chi connectivity index (χ4n) is 2.30. The molecule has 1 fully saturated rings. The Morgan fingerprint density at radius 1 is 1.47 bits per heavy atom. The van der Waals surface area contributed by atoms with Crippen LogP contribution < -0.4 is 0 Å². The Hall–Kier alpha value is -1.07. The van der Waals surface area contributed by atoms with Crippen molar-refractivity contribution in [1.29, 1.82) is 0 Å². The first-order valence-electron chi connectivity index (χ1n) is 6.73. The number of likely N-dealkylation sites (N-methyl/N-ethyl adjacent to an activating group) is 1. The molecule has 0 atom stereocenters. The molecule has 1 aliphatic heterocycles. The number of aromatic nitrogens is 2. The molecule has 2 heterocycles. The van der Waals surface area contributed by atoms with Crippen LogP contribution in [-0.4, -0.2) is 52.6 Å². The molecular weight excluding hydrogens is 264 g/mol. The number of H-pyrrole nitrogens is 1. The number of piperidine rings is 1. The van der Waals surface area contributed by atoms with E-state index in [0.29, 0.717) is 18.0 Å². The minimum atomic E-state index is 0.285. The maximum Gasteiger partial charge on any atom is 0.222 e. The molecule has 0 radical (unpaired) electrons. The van der Waals surface area contributed by atoms with Gasteiger partial charge in [0.25, 0.3) is 0 Å². The third kappa shape index (κ3) is 3.70. The minimum Gasteiger partial charge on any atom is -0.341 e. The lowest BCUT2D eigenvalue weighted by Crippen LogP contribution is -2.40. The molecule has 6 heteroatoms. The van der Waals surface area contributed by atoms with Crippen molar-refractivity contribution < 1.29 is 4.79 Å². The zero-order valence-corrected chi connectivity index (χ0v) is 12.3. The molecule has 106 valence electrons. The van der Waals surface area contributed by atoms with Crippen LogP contribution in [0, 0.1) is 6.92 Å². The molecule has 0 spiro atoms. The molecule has 0 aromatic carbocycles. The van der Waals surface area contributed by atoms with Crippen LogP contribution >= 0.6 is 11.6 Å². The van der Waals surface area contributed by atoms with E-state index in [1.165, 1.54) is 0 Å². The van der Waals surface area contributed by atoms with Crippen LogP contribution in [0.3, 0.4) is 0 Å². The topological polar surface area (TPSA) is 52.2 Å². The van der Waals surface area contributed by atoms with Crippen molar-refractivity contribution in [1.82, 2.24) is 20.0 Å². The molecule has 1 N–H and O–H groups in total. The van der Waals surface area contributed by atoms with Crippen LogP contribution in [0.4, 0.5) is 0 Å². The fraction of sp³-hybridized carbons (Fsp3) is 0.692. The molecule has 1 aromatic rings. The number of aryl methyl sites for hydroxylation is 1. The number of nitrogens with one attached hydrogen (secondary N) is 1. The average Bonchev–Trinajstić information content (AvgIpc) is 2.70. The Morgan fingerprint density at radius 2 is 2.26 bits per heavy atom. The molecule has 0 saturated carbocycles. The van der Waals surface area contributed by atoms with Gasteiger partial charge in [-0.15, -0.1) is 0 Å². The highest BCUT2D eigenvalue weighted by Crippen LogP contribution is 2.18. The Kier molecular flexibility index (Phi) is 4.82. The predicted octanol–water partition coefficient (Wildman–Crippen LogP) is 1.82. The lowest BCUT2D eigenvalue weighted by Gasteiger charge is -2.28. The number of carbonyl (C=O) groups is 1. The average molecular weight is 285 g/mol. The van der Waals surface area contributed by atoms with E-state index in [2.05, 4.69) is 15.1 Å². The molecule has 0 bridgehead atoms. The number of rotatable bonds is 5. The molecule has 1 amide bonds. The van der Waals surface area contributed by atoms with E-state index in [4.69, 9.17) is 11.6 Å². The predicted molar refractivity (Wildman–Crippen MR) is 75.1 cm³/mol. The van der Waals surface area contributed by atoms with Crippen molar-refractivity contribution in [2.75, 3.05) is 26.7 Å². The standard InChI is InChI=1S/C13H21ClN4O/c1-10-13(14)11(16-15-10)9-17(2)7-8-18-6-4-3-5-12(18)19/h3-9H2,1-2H3,(H,15,16). The molecule has 2 rings (SSSR count). The van der Waals surface area contributed by atoms with Gasteiger partial charge in [-0.25, -0.2) is 0 Å². The minimum absolute atomic E-state index is 0.285. The summed E-state index contributed by atoms with van der Waals surface area (Å²) in [6, 6.07) is 0. The van der Waals surface area contributed by atoms with Crippen LogP contribution in [0.5, 0.6) is 0 Å². The summed E-state index contributed by atoms with van der Waals surface area (Å²) in [4.78, 5) is 15.8. The zero-order valence-electron chi connectivity index (χ0n) is 11.6. The SMILES string of the molecule is Cc1[nH]nc(CN(C)CCN2CCCCC2=O)c1Cl. The Bertz CT molecular complexity index is 446. The van der Waals surface area contributed by atoms with Crippen molar-refractivity contribution in [2.45, 2.75) is 32.7 Å². The van der Waals surface area contributed by atoms with Crippen molar-refractivity contribution in [3.8, 4) is 0 Å². The largest absolute Gasteiger partial charge is 0.341 e. The van der Waals surface area contributed by atoms with E-state index < -0.39 is 0 Å².